The predicted octanol–water partition coefficient (Wildman–Crippen LogP) is 2.85. The second kappa shape index (κ2) is 7.46. The summed E-state index contributed by atoms with van der Waals surface area (Å²) in [5, 5.41) is 4.30. The molecule has 4 heterocycles. The Labute approximate surface area is 160 Å². The van der Waals surface area contributed by atoms with Crippen molar-refractivity contribution in [2.24, 2.45) is 10.9 Å². The summed E-state index contributed by atoms with van der Waals surface area (Å²) in [7, 11) is 3.96. The van der Waals surface area contributed by atoms with Crippen LogP contribution in [0.25, 0.3) is 10.2 Å². The predicted molar refractivity (Wildman–Crippen MR) is 108 cm³/mol. The van der Waals surface area contributed by atoms with Gasteiger partial charge < -0.3 is 10.2 Å². The third kappa shape index (κ3) is 3.54. The molecule has 2 aromatic heterocycles. The lowest BCUT2D eigenvalue weighted by Gasteiger charge is -2.22. The highest BCUT2D eigenvalue weighted by atomic mass is 32.2. The van der Waals surface area contributed by atoms with Crippen molar-refractivity contribution in [3.8, 4) is 0 Å². The lowest BCUT2D eigenvalue weighted by Crippen LogP contribution is -2.37. The summed E-state index contributed by atoms with van der Waals surface area (Å²) < 4.78 is 1.14. The number of carbonyl (C=O) groups excluding carboxylic acids is 1. The van der Waals surface area contributed by atoms with Crippen LogP contribution < -0.4 is 5.32 Å². The van der Waals surface area contributed by atoms with Crippen LogP contribution in [-0.2, 0) is 4.79 Å². The molecule has 2 aromatic rings. The van der Waals surface area contributed by atoms with Gasteiger partial charge in [0.2, 0.25) is 5.91 Å². The molecule has 0 spiro atoms. The molecule has 8 heteroatoms. The van der Waals surface area contributed by atoms with Crippen molar-refractivity contribution in [1.29, 1.82) is 0 Å². The SMILES string of the molecule is CN(C)CCC(=O)NC1SC2=CN=CCC2C1c1nc2cnccc2s1. The molecular weight excluding hydrogens is 366 g/mol. The van der Waals surface area contributed by atoms with Crippen molar-refractivity contribution in [3.63, 3.8) is 0 Å². The second-order valence-corrected chi connectivity index (χ2v) is 9.06. The van der Waals surface area contributed by atoms with Gasteiger partial charge in [-0.05, 0) is 26.6 Å². The maximum atomic E-state index is 12.4. The molecule has 1 fully saturated rings. The molecule has 0 bridgehead atoms. The number of thioether (sulfide) groups is 1. The monoisotopic (exact) mass is 387 g/mol. The highest BCUT2D eigenvalue weighted by Gasteiger charge is 2.44. The maximum absolute atomic E-state index is 12.4. The van der Waals surface area contributed by atoms with E-state index in [-0.39, 0.29) is 17.2 Å². The van der Waals surface area contributed by atoms with Gasteiger partial charge in [-0.3, -0.25) is 14.8 Å². The molecule has 3 atom stereocenters. The summed E-state index contributed by atoms with van der Waals surface area (Å²) in [6.07, 6.45) is 8.90. The molecule has 4 rings (SSSR count). The van der Waals surface area contributed by atoms with Gasteiger partial charge in [0, 0.05) is 48.3 Å². The van der Waals surface area contributed by atoms with E-state index in [2.05, 4.69) is 15.3 Å². The van der Waals surface area contributed by atoms with Crippen molar-refractivity contribution < 1.29 is 4.79 Å². The van der Waals surface area contributed by atoms with E-state index in [1.807, 2.05) is 37.5 Å². The van der Waals surface area contributed by atoms with Crippen LogP contribution in [-0.4, -0.2) is 53.0 Å². The third-order valence-corrected chi connectivity index (χ3v) is 7.12. The lowest BCUT2D eigenvalue weighted by atomic mass is 9.89. The summed E-state index contributed by atoms with van der Waals surface area (Å²) in [4.78, 5) is 29.0. The molecule has 0 radical (unpaired) electrons. The number of rotatable bonds is 5. The molecule has 1 N–H and O–H groups in total. The average Bonchev–Trinajstić information content (AvgIpc) is 3.20. The molecule has 2 aliphatic heterocycles. The number of aliphatic imine (C=N–C) groups is 1. The molecule has 1 amide bonds. The van der Waals surface area contributed by atoms with E-state index in [1.165, 1.54) is 4.91 Å². The van der Waals surface area contributed by atoms with Crippen molar-refractivity contribution in [2.45, 2.75) is 24.1 Å². The van der Waals surface area contributed by atoms with E-state index in [1.54, 1.807) is 35.5 Å². The summed E-state index contributed by atoms with van der Waals surface area (Å²) in [6, 6.07) is 2.00. The summed E-state index contributed by atoms with van der Waals surface area (Å²) in [5.74, 6) is 0.591. The van der Waals surface area contributed by atoms with Crippen molar-refractivity contribution in [1.82, 2.24) is 20.2 Å². The van der Waals surface area contributed by atoms with Crippen LogP contribution in [0.15, 0.2) is 34.6 Å². The number of nitrogens with one attached hydrogen (secondary N) is 1. The zero-order valence-electron chi connectivity index (χ0n) is 14.8. The molecule has 3 unspecified atom stereocenters. The first-order valence-electron chi connectivity index (χ1n) is 8.64. The Morgan fingerprint density at radius 3 is 3.12 bits per heavy atom. The summed E-state index contributed by atoms with van der Waals surface area (Å²) in [6.45, 7) is 0.746. The molecule has 26 heavy (non-hydrogen) atoms. The van der Waals surface area contributed by atoms with Crippen LogP contribution in [0, 0.1) is 5.92 Å². The normalized spacial score (nSPS) is 24.7. The van der Waals surface area contributed by atoms with Gasteiger partial charge in [-0.25, -0.2) is 4.98 Å². The first kappa shape index (κ1) is 17.6. The van der Waals surface area contributed by atoms with Crippen LogP contribution in [0.5, 0.6) is 0 Å². The van der Waals surface area contributed by atoms with Gasteiger partial charge >= 0.3 is 0 Å². The molecule has 0 saturated carbocycles. The van der Waals surface area contributed by atoms with Gasteiger partial charge in [0.05, 0.1) is 21.8 Å². The van der Waals surface area contributed by atoms with Gasteiger partial charge in [0.15, 0.2) is 0 Å². The number of allylic oxidation sites excluding steroid dienone is 1. The van der Waals surface area contributed by atoms with Crippen LogP contribution in [0.2, 0.25) is 0 Å². The number of carbonyl (C=O) groups is 1. The standard InChI is InChI=1S/C18H21N5OS2/c1-23(2)8-5-15(24)22-18-16(11-3-6-20-10-14(11)26-18)17-21-12-9-19-7-4-13(12)25-17/h4,6-7,9-11,16,18H,3,5,8H2,1-2H3,(H,22,24). The highest BCUT2D eigenvalue weighted by molar-refractivity contribution is 8.04. The van der Waals surface area contributed by atoms with E-state index >= 15 is 0 Å². The van der Waals surface area contributed by atoms with Gasteiger partial charge in [-0.1, -0.05) is 0 Å². The average molecular weight is 388 g/mol. The Morgan fingerprint density at radius 2 is 2.31 bits per heavy atom. The van der Waals surface area contributed by atoms with Crippen LogP contribution >= 0.6 is 23.1 Å². The number of hydrogen-bond acceptors (Lipinski definition) is 7. The minimum absolute atomic E-state index is 0.00358. The molecule has 136 valence electrons. The lowest BCUT2D eigenvalue weighted by molar-refractivity contribution is -0.121. The van der Waals surface area contributed by atoms with Crippen molar-refractivity contribution in [3.05, 3.63) is 34.6 Å². The number of aromatic nitrogens is 2. The zero-order chi connectivity index (χ0) is 18.1. The Kier molecular flexibility index (Phi) is 5.06. The Morgan fingerprint density at radius 1 is 1.42 bits per heavy atom. The van der Waals surface area contributed by atoms with Crippen molar-refractivity contribution in [2.75, 3.05) is 20.6 Å². The van der Waals surface area contributed by atoms with Crippen molar-refractivity contribution >= 4 is 45.4 Å². The second-order valence-electron chi connectivity index (χ2n) is 6.79. The molecule has 0 aromatic carbocycles. The first-order valence-corrected chi connectivity index (χ1v) is 10.3. The van der Waals surface area contributed by atoms with E-state index < -0.39 is 0 Å². The summed E-state index contributed by atoms with van der Waals surface area (Å²) >= 11 is 3.43. The first-order chi connectivity index (χ1) is 12.6. The van der Waals surface area contributed by atoms with E-state index in [4.69, 9.17) is 4.98 Å². The molecule has 6 nitrogen and oxygen atoms in total. The number of fused-ring (bicyclic) bond motifs is 2. The minimum Gasteiger partial charge on any atom is -0.343 e. The number of pyridine rings is 1. The highest BCUT2D eigenvalue weighted by Crippen LogP contribution is 2.53. The summed E-state index contributed by atoms with van der Waals surface area (Å²) in [5.41, 5.74) is 0.928. The van der Waals surface area contributed by atoms with E-state index in [0.29, 0.717) is 12.3 Å². The molecule has 0 aliphatic carbocycles. The number of hydrogen-bond donors (Lipinski definition) is 1. The fourth-order valence-corrected chi connectivity index (χ4v) is 6.01. The minimum atomic E-state index is -0.00358. The maximum Gasteiger partial charge on any atom is 0.222 e. The fourth-order valence-electron chi connectivity index (χ4n) is 3.30. The van der Waals surface area contributed by atoms with Gasteiger partial charge in [0.1, 0.15) is 5.01 Å². The fraction of sp³-hybridized carbons (Fsp3) is 0.444. The molecule has 1 saturated heterocycles. The number of thiazole rings is 1. The topological polar surface area (TPSA) is 70.5 Å². The van der Waals surface area contributed by atoms with Gasteiger partial charge in [-0.15, -0.1) is 23.1 Å². The quantitative estimate of drug-likeness (QED) is 0.854. The Balaban J connectivity index is 1.60. The number of nitrogens with zero attached hydrogens (tertiary/aromatic N) is 4. The van der Waals surface area contributed by atoms with Crippen LogP contribution in [0.1, 0.15) is 23.8 Å². The van der Waals surface area contributed by atoms with Gasteiger partial charge in [0.25, 0.3) is 0 Å². The van der Waals surface area contributed by atoms with E-state index in [0.717, 1.165) is 28.2 Å². The smallest absolute Gasteiger partial charge is 0.222 e. The molecular formula is C18H21N5OS2. The largest absolute Gasteiger partial charge is 0.343 e. The Hall–Kier alpha value is -1.77. The van der Waals surface area contributed by atoms with Gasteiger partial charge in [-0.2, -0.15) is 0 Å². The van der Waals surface area contributed by atoms with Crippen LogP contribution in [0.4, 0.5) is 0 Å². The van der Waals surface area contributed by atoms with E-state index in [9.17, 15) is 4.79 Å². The third-order valence-electron chi connectivity index (χ3n) is 4.64. The molecule has 2 aliphatic rings. The number of amides is 1. The zero-order valence-corrected chi connectivity index (χ0v) is 16.4. The van der Waals surface area contributed by atoms with Crippen LogP contribution in [0.3, 0.4) is 0 Å². The Bertz CT molecular complexity index is 842.